The Morgan fingerprint density at radius 1 is 0.980 bits per heavy atom. The Kier molecular flexibility index (Phi) is 11.1. The number of aryl methyl sites for hydroxylation is 2. The first-order chi connectivity index (χ1) is 23.4. The van der Waals surface area contributed by atoms with Gasteiger partial charge in [0.1, 0.15) is 16.7 Å². The number of alkyl halides is 3. The van der Waals surface area contributed by atoms with Crippen molar-refractivity contribution in [2.75, 3.05) is 29.0 Å². The van der Waals surface area contributed by atoms with E-state index in [0.717, 1.165) is 40.7 Å². The first kappa shape index (κ1) is 35.2. The molecule has 49 heavy (non-hydrogen) atoms. The van der Waals surface area contributed by atoms with Gasteiger partial charge >= 0.3 is 6.18 Å². The lowest BCUT2D eigenvalue weighted by Gasteiger charge is -2.32. The minimum Gasteiger partial charge on any atom is -0.339 e. The number of nitrogens with zero attached hydrogens (tertiary/aromatic N) is 3. The van der Waals surface area contributed by atoms with Gasteiger partial charge in [-0.05, 0) is 85.2 Å². The fourth-order valence-corrected chi connectivity index (χ4v) is 5.64. The SMILES string of the molecule is O=C(CC1CCN(C(=O)c2ccc(F)cc2F)CC1)Nc1ccc2cc1CCc1cccc(c1)Nc1ncc(Cl)c(n1)N2.O=CC(F)(F)F. The Labute approximate surface area is 282 Å². The monoisotopic (exact) mass is 700 g/mol. The molecule has 6 rings (SSSR count). The number of likely N-dealkylation sites (tertiary alicyclic amines) is 1. The molecular formula is C34H30ClF5N6O3. The van der Waals surface area contributed by atoms with Crippen molar-refractivity contribution in [1.29, 1.82) is 0 Å². The van der Waals surface area contributed by atoms with Gasteiger partial charge < -0.3 is 20.9 Å². The second-order valence-electron chi connectivity index (χ2n) is 11.5. The molecule has 9 nitrogen and oxygen atoms in total. The lowest BCUT2D eigenvalue weighted by molar-refractivity contribution is -0.156. The number of benzene rings is 3. The predicted octanol–water partition coefficient (Wildman–Crippen LogP) is 7.62. The fraction of sp³-hybridized carbons (Fsp3) is 0.265. The Balaban J connectivity index is 0.000000717. The predicted molar refractivity (Wildman–Crippen MR) is 174 cm³/mol. The number of amides is 2. The largest absolute Gasteiger partial charge is 0.446 e. The molecule has 0 spiro atoms. The molecule has 3 aromatic carbocycles. The molecule has 0 atom stereocenters. The van der Waals surface area contributed by atoms with Crippen molar-refractivity contribution in [3.63, 3.8) is 0 Å². The van der Waals surface area contributed by atoms with Crippen molar-refractivity contribution >= 4 is 58.5 Å². The summed E-state index contributed by atoms with van der Waals surface area (Å²) in [6.07, 6.45) is -1.19. The van der Waals surface area contributed by atoms with Gasteiger partial charge in [0.25, 0.3) is 5.91 Å². The molecule has 6 bridgehead atoms. The van der Waals surface area contributed by atoms with Crippen LogP contribution in [0.4, 0.5) is 50.8 Å². The van der Waals surface area contributed by atoms with Crippen LogP contribution < -0.4 is 16.0 Å². The van der Waals surface area contributed by atoms with Gasteiger partial charge in [-0.2, -0.15) is 18.2 Å². The van der Waals surface area contributed by atoms with Crippen LogP contribution in [0.2, 0.25) is 5.02 Å². The van der Waals surface area contributed by atoms with E-state index < -0.39 is 30.0 Å². The zero-order chi connectivity index (χ0) is 35.1. The summed E-state index contributed by atoms with van der Waals surface area (Å²) in [5.41, 5.74) is 4.31. The van der Waals surface area contributed by atoms with Crippen LogP contribution in [0.15, 0.2) is 66.9 Å². The number of hydrogen-bond acceptors (Lipinski definition) is 7. The Morgan fingerprint density at radius 3 is 2.43 bits per heavy atom. The molecule has 256 valence electrons. The summed E-state index contributed by atoms with van der Waals surface area (Å²) in [6.45, 7) is 0.806. The van der Waals surface area contributed by atoms with Gasteiger partial charge in [0.15, 0.2) is 5.82 Å². The van der Waals surface area contributed by atoms with E-state index in [9.17, 15) is 31.5 Å². The minimum absolute atomic E-state index is 0.0810. The smallest absolute Gasteiger partial charge is 0.339 e. The zero-order valence-electron chi connectivity index (χ0n) is 25.8. The molecule has 3 heterocycles. The second-order valence-corrected chi connectivity index (χ2v) is 11.9. The third kappa shape index (κ3) is 9.72. The highest BCUT2D eigenvalue weighted by atomic mass is 35.5. The van der Waals surface area contributed by atoms with Crippen LogP contribution in [0.25, 0.3) is 0 Å². The number of anilines is 5. The van der Waals surface area contributed by atoms with Gasteiger partial charge in [-0.25, -0.2) is 13.8 Å². The number of carbonyl (C=O) groups is 3. The lowest BCUT2D eigenvalue weighted by atomic mass is 9.92. The summed E-state index contributed by atoms with van der Waals surface area (Å²) in [4.78, 5) is 45.0. The molecule has 4 aromatic rings. The number of nitrogens with one attached hydrogen (secondary N) is 3. The third-order valence-electron chi connectivity index (χ3n) is 7.92. The number of rotatable bonds is 4. The van der Waals surface area contributed by atoms with Crippen molar-refractivity contribution < 1.29 is 36.3 Å². The van der Waals surface area contributed by atoms with Crippen molar-refractivity contribution in [1.82, 2.24) is 14.9 Å². The first-order valence-electron chi connectivity index (χ1n) is 15.2. The van der Waals surface area contributed by atoms with Gasteiger partial charge in [0.05, 0.1) is 11.8 Å². The van der Waals surface area contributed by atoms with Crippen LogP contribution in [-0.2, 0) is 22.4 Å². The normalized spacial score (nSPS) is 14.4. The molecule has 2 amide bonds. The number of fused-ring (bicyclic) bond motifs is 6. The van der Waals surface area contributed by atoms with E-state index in [1.807, 2.05) is 36.4 Å². The topological polar surface area (TPSA) is 116 Å². The number of aromatic nitrogens is 2. The molecule has 1 aromatic heterocycles. The molecular weight excluding hydrogens is 671 g/mol. The molecule has 0 radical (unpaired) electrons. The molecule has 3 N–H and O–H groups in total. The van der Waals surface area contributed by atoms with Crippen LogP contribution in [0, 0.1) is 17.6 Å². The van der Waals surface area contributed by atoms with E-state index >= 15 is 0 Å². The number of halogens is 6. The maximum atomic E-state index is 14.1. The van der Waals surface area contributed by atoms with Gasteiger partial charge in [0, 0.05) is 42.6 Å². The second kappa shape index (κ2) is 15.4. The summed E-state index contributed by atoms with van der Waals surface area (Å²) in [6, 6.07) is 16.7. The summed E-state index contributed by atoms with van der Waals surface area (Å²) in [5, 5.41) is 9.96. The van der Waals surface area contributed by atoms with E-state index in [1.165, 1.54) is 6.07 Å². The maximum absolute atomic E-state index is 14.1. The summed E-state index contributed by atoms with van der Waals surface area (Å²) < 4.78 is 58.6. The zero-order valence-corrected chi connectivity index (χ0v) is 26.5. The van der Waals surface area contributed by atoms with Crippen LogP contribution in [0.3, 0.4) is 0 Å². The number of hydrogen-bond donors (Lipinski definition) is 3. The molecule has 0 aliphatic carbocycles. The molecule has 0 unspecified atom stereocenters. The molecule has 2 aliphatic heterocycles. The van der Waals surface area contributed by atoms with E-state index in [-0.39, 0.29) is 17.4 Å². The van der Waals surface area contributed by atoms with Crippen LogP contribution in [0.5, 0.6) is 0 Å². The first-order valence-corrected chi connectivity index (χ1v) is 15.6. The minimum atomic E-state index is -4.64. The third-order valence-corrected chi connectivity index (χ3v) is 8.20. The van der Waals surface area contributed by atoms with Crippen LogP contribution in [0.1, 0.15) is 40.7 Å². The van der Waals surface area contributed by atoms with Crippen molar-refractivity contribution in [2.24, 2.45) is 5.92 Å². The van der Waals surface area contributed by atoms with Crippen molar-refractivity contribution in [3.05, 3.63) is 100 Å². The fourth-order valence-electron chi connectivity index (χ4n) is 5.50. The molecule has 1 fully saturated rings. The Bertz CT molecular complexity index is 1850. The van der Waals surface area contributed by atoms with E-state index in [4.69, 9.17) is 16.4 Å². The molecule has 2 aliphatic rings. The highest BCUT2D eigenvalue weighted by Gasteiger charge is 2.27. The average Bonchev–Trinajstić information content (AvgIpc) is 3.06. The number of aldehydes is 1. The Hall–Kier alpha value is -5.11. The van der Waals surface area contributed by atoms with Gasteiger partial charge in [-0.1, -0.05) is 23.7 Å². The number of carbonyl (C=O) groups excluding carboxylic acids is 3. The van der Waals surface area contributed by atoms with E-state index in [2.05, 4.69) is 32.0 Å². The van der Waals surface area contributed by atoms with E-state index in [0.29, 0.717) is 61.6 Å². The van der Waals surface area contributed by atoms with Crippen molar-refractivity contribution in [3.8, 4) is 0 Å². The van der Waals surface area contributed by atoms with Gasteiger partial charge in [-0.3, -0.25) is 14.4 Å². The van der Waals surface area contributed by atoms with Gasteiger partial charge in [0.2, 0.25) is 18.1 Å². The average molecular weight is 701 g/mol. The van der Waals surface area contributed by atoms with Crippen molar-refractivity contribution in [2.45, 2.75) is 38.3 Å². The van der Waals surface area contributed by atoms with Gasteiger partial charge in [-0.15, -0.1) is 0 Å². The van der Waals surface area contributed by atoms with E-state index in [1.54, 1.807) is 11.1 Å². The molecule has 1 saturated heterocycles. The van der Waals surface area contributed by atoms with Crippen LogP contribution >= 0.6 is 11.6 Å². The standard InChI is InChI=1S/C32H29ClF2N6O2.C2HF3O/c33-26-18-36-32-38-23-3-1-2-19(14-23)4-5-21-16-24(37-30(26)40-32)7-9-28(21)39-29(42)15-20-10-12-41(13-11-20)31(43)25-8-6-22(34)17-27(25)35;3-2(4,5)1-6/h1-3,6-9,14,16-18,20H,4-5,10-13,15H2,(H,39,42)(H2,36,37,38,40);1H. The lowest BCUT2D eigenvalue weighted by Crippen LogP contribution is -2.39. The highest BCUT2D eigenvalue weighted by Crippen LogP contribution is 2.30. The molecule has 15 heteroatoms. The summed E-state index contributed by atoms with van der Waals surface area (Å²) >= 11 is 6.37. The quantitative estimate of drug-likeness (QED) is 0.148. The maximum Gasteiger partial charge on any atom is 0.446 e. The highest BCUT2D eigenvalue weighted by molar-refractivity contribution is 6.32. The molecule has 0 saturated carbocycles. The number of piperidine rings is 1. The van der Waals surface area contributed by atoms with Crippen LogP contribution in [-0.4, -0.2) is 52.2 Å². The Morgan fingerprint density at radius 2 is 1.71 bits per heavy atom. The summed E-state index contributed by atoms with van der Waals surface area (Å²) in [7, 11) is 0. The summed E-state index contributed by atoms with van der Waals surface area (Å²) in [5.74, 6) is -1.20.